The van der Waals surface area contributed by atoms with Gasteiger partial charge < -0.3 is 5.32 Å². The van der Waals surface area contributed by atoms with Crippen LogP contribution in [-0.2, 0) is 4.79 Å². The summed E-state index contributed by atoms with van der Waals surface area (Å²) in [4.78, 5) is 16.4. The van der Waals surface area contributed by atoms with E-state index in [1.54, 1.807) is 23.1 Å². The van der Waals surface area contributed by atoms with Crippen LogP contribution in [-0.4, -0.2) is 20.7 Å². The molecule has 21 heavy (non-hydrogen) atoms. The molecule has 1 N–H and O–H groups in total. The number of carbonyl (C=O) groups excluding carboxylic acids is 1. The number of nitrogens with zero attached hydrogens (tertiary/aromatic N) is 3. The van der Waals surface area contributed by atoms with E-state index in [0.29, 0.717) is 10.7 Å². The van der Waals surface area contributed by atoms with Crippen LogP contribution in [0, 0.1) is 17.8 Å². The Kier molecular flexibility index (Phi) is 2.96. The molecule has 2 saturated carbocycles. The molecule has 1 heterocycles. The van der Waals surface area contributed by atoms with Crippen molar-refractivity contribution in [3.05, 3.63) is 35.9 Å². The third-order valence-corrected chi connectivity index (χ3v) is 4.73. The zero-order chi connectivity index (χ0) is 14.4. The Morgan fingerprint density at radius 3 is 2.81 bits per heavy atom. The first-order chi connectivity index (χ1) is 10.2. The van der Waals surface area contributed by atoms with Gasteiger partial charge in [-0.2, -0.15) is 5.10 Å². The number of carbonyl (C=O) groups is 1. The smallest absolute Gasteiger partial charge is 0.227 e. The molecule has 0 radical (unpaired) electrons. The minimum absolute atomic E-state index is 0.0887. The van der Waals surface area contributed by atoms with E-state index in [4.69, 9.17) is 11.6 Å². The number of hydrogen-bond donors (Lipinski definition) is 1. The summed E-state index contributed by atoms with van der Waals surface area (Å²) in [5.74, 6) is 1.80. The zero-order valence-corrected chi connectivity index (χ0v) is 12.1. The lowest BCUT2D eigenvalue weighted by Gasteiger charge is -2.15. The summed E-state index contributed by atoms with van der Waals surface area (Å²) < 4.78 is 1.62. The Hall–Kier alpha value is -1.88. The summed E-state index contributed by atoms with van der Waals surface area (Å²) in [6, 6.07) is 5.36. The standard InChI is InChI=1S/C15H15ClN4O/c16-12-1-2-14(20-8-17-7-18-20)13(6-12)19-15(21)11-4-9-3-10(9)5-11/h1-2,6-11H,3-5H2,(H,19,21). The summed E-state index contributed by atoms with van der Waals surface area (Å²) in [5.41, 5.74) is 1.45. The molecule has 5 nitrogen and oxygen atoms in total. The molecule has 0 spiro atoms. The summed E-state index contributed by atoms with van der Waals surface area (Å²) in [5, 5.41) is 7.71. The first-order valence-corrected chi connectivity index (χ1v) is 7.54. The average Bonchev–Trinajstić information content (AvgIpc) is 2.92. The van der Waals surface area contributed by atoms with E-state index in [0.717, 1.165) is 30.4 Å². The van der Waals surface area contributed by atoms with Gasteiger partial charge in [-0.15, -0.1) is 0 Å². The van der Waals surface area contributed by atoms with Crippen molar-refractivity contribution < 1.29 is 4.79 Å². The maximum absolute atomic E-state index is 12.4. The molecule has 2 atom stereocenters. The van der Waals surface area contributed by atoms with Gasteiger partial charge in [0.15, 0.2) is 0 Å². The highest BCUT2D eigenvalue weighted by Gasteiger charge is 2.48. The molecule has 1 aromatic carbocycles. The molecule has 2 aromatic rings. The quantitative estimate of drug-likeness (QED) is 0.948. The fourth-order valence-corrected chi connectivity index (χ4v) is 3.48. The molecule has 0 aliphatic heterocycles. The Morgan fingerprint density at radius 2 is 2.10 bits per heavy atom. The normalized spacial score (nSPS) is 26.4. The zero-order valence-electron chi connectivity index (χ0n) is 11.4. The van der Waals surface area contributed by atoms with Gasteiger partial charge in [-0.25, -0.2) is 9.67 Å². The number of anilines is 1. The highest BCUT2D eigenvalue weighted by molar-refractivity contribution is 6.31. The molecule has 108 valence electrons. The first kappa shape index (κ1) is 12.8. The van der Waals surface area contributed by atoms with E-state index >= 15 is 0 Å². The third-order valence-electron chi connectivity index (χ3n) is 4.50. The summed E-state index contributed by atoms with van der Waals surface area (Å²) in [6.45, 7) is 0. The summed E-state index contributed by atoms with van der Waals surface area (Å²) in [6.07, 6.45) is 6.42. The number of fused-ring (bicyclic) bond motifs is 1. The van der Waals surface area contributed by atoms with Crippen molar-refractivity contribution in [3.63, 3.8) is 0 Å². The monoisotopic (exact) mass is 302 g/mol. The highest BCUT2D eigenvalue weighted by Crippen LogP contribution is 2.54. The van der Waals surface area contributed by atoms with Crippen LogP contribution in [0.1, 0.15) is 19.3 Å². The fourth-order valence-electron chi connectivity index (χ4n) is 3.30. The molecule has 6 heteroatoms. The molecule has 2 aliphatic rings. The minimum atomic E-state index is 0.0887. The van der Waals surface area contributed by atoms with Crippen LogP contribution in [0.5, 0.6) is 0 Å². The van der Waals surface area contributed by atoms with E-state index in [1.807, 2.05) is 6.07 Å². The largest absolute Gasteiger partial charge is 0.324 e. The minimum Gasteiger partial charge on any atom is -0.324 e. The van der Waals surface area contributed by atoms with Gasteiger partial charge >= 0.3 is 0 Å². The molecule has 4 rings (SSSR count). The van der Waals surface area contributed by atoms with Crippen LogP contribution >= 0.6 is 11.6 Å². The Labute approximate surface area is 127 Å². The van der Waals surface area contributed by atoms with Crippen LogP contribution in [0.15, 0.2) is 30.9 Å². The Bertz CT molecular complexity index is 675. The van der Waals surface area contributed by atoms with Gasteiger partial charge in [-0.1, -0.05) is 11.6 Å². The predicted molar refractivity (Wildman–Crippen MR) is 79.3 cm³/mol. The van der Waals surface area contributed by atoms with Gasteiger partial charge in [0.2, 0.25) is 5.91 Å². The van der Waals surface area contributed by atoms with E-state index in [1.165, 1.54) is 12.7 Å². The molecule has 1 aromatic heterocycles. The molecular weight excluding hydrogens is 288 g/mol. The topological polar surface area (TPSA) is 59.8 Å². The Balaban J connectivity index is 1.58. The molecular formula is C15H15ClN4O. The fraction of sp³-hybridized carbons (Fsp3) is 0.400. The van der Waals surface area contributed by atoms with Crippen molar-refractivity contribution in [2.75, 3.05) is 5.32 Å². The SMILES string of the molecule is O=C(Nc1cc(Cl)ccc1-n1cncn1)C1CC2CC2C1. The van der Waals surface area contributed by atoms with E-state index in [9.17, 15) is 4.79 Å². The second-order valence-electron chi connectivity index (χ2n) is 5.91. The average molecular weight is 303 g/mol. The number of halogens is 1. The summed E-state index contributed by atoms with van der Waals surface area (Å²) in [7, 11) is 0. The third kappa shape index (κ3) is 2.42. The molecule has 2 fully saturated rings. The highest BCUT2D eigenvalue weighted by atomic mass is 35.5. The second-order valence-corrected chi connectivity index (χ2v) is 6.35. The van der Waals surface area contributed by atoms with Crippen molar-refractivity contribution in [1.82, 2.24) is 14.8 Å². The number of amides is 1. The molecule has 2 unspecified atom stereocenters. The number of rotatable bonds is 3. The van der Waals surface area contributed by atoms with E-state index < -0.39 is 0 Å². The van der Waals surface area contributed by atoms with Gasteiger partial charge in [-0.3, -0.25) is 4.79 Å². The van der Waals surface area contributed by atoms with Crippen molar-refractivity contribution in [3.8, 4) is 5.69 Å². The molecule has 0 saturated heterocycles. The maximum Gasteiger partial charge on any atom is 0.227 e. The van der Waals surface area contributed by atoms with Gasteiger partial charge in [0.25, 0.3) is 0 Å². The van der Waals surface area contributed by atoms with Crippen LogP contribution in [0.25, 0.3) is 5.69 Å². The number of benzene rings is 1. The maximum atomic E-state index is 12.4. The van der Waals surface area contributed by atoms with E-state index in [2.05, 4.69) is 15.4 Å². The van der Waals surface area contributed by atoms with Gasteiger partial charge in [0.05, 0.1) is 11.4 Å². The molecule has 1 amide bonds. The van der Waals surface area contributed by atoms with Gasteiger partial charge in [-0.05, 0) is 49.3 Å². The Morgan fingerprint density at radius 1 is 1.29 bits per heavy atom. The number of hydrogen-bond acceptors (Lipinski definition) is 3. The van der Waals surface area contributed by atoms with Crippen molar-refractivity contribution in [1.29, 1.82) is 0 Å². The van der Waals surface area contributed by atoms with Crippen molar-refractivity contribution in [2.45, 2.75) is 19.3 Å². The van der Waals surface area contributed by atoms with Gasteiger partial charge in [0, 0.05) is 10.9 Å². The van der Waals surface area contributed by atoms with Crippen LogP contribution in [0.4, 0.5) is 5.69 Å². The predicted octanol–water partition coefficient (Wildman–Crippen LogP) is 2.91. The second kappa shape index (κ2) is 4.84. The molecule has 0 bridgehead atoms. The first-order valence-electron chi connectivity index (χ1n) is 7.16. The van der Waals surface area contributed by atoms with E-state index in [-0.39, 0.29) is 11.8 Å². The van der Waals surface area contributed by atoms with Crippen LogP contribution in [0.3, 0.4) is 0 Å². The van der Waals surface area contributed by atoms with Crippen molar-refractivity contribution in [2.24, 2.45) is 17.8 Å². The van der Waals surface area contributed by atoms with Crippen molar-refractivity contribution >= 4 is 23.2 Å². The summed E-state index contributed by atoms with van der Waals surface area (Å²) >= 11 is 6.05. The lowest BCUT2D eigenvalue weighted by Crippen LogP contribution is -2.22. The lowest BCUT2D eigenvalue weighted by atomic mass is 10.0. The number of nitrogens with one attached hydrogen (secondary N) is 1. The molecule has 2 aliphatic carbocycles. The van der Waals surface area contributed by atoms with Gasteiger partial charge in [0.1, 0.15) is 12.7 Å². The van der Waals surface area contributed by atoms with Crippen LogP contribution in [0.2, 0.25) is 5.02 Å². The number of aromatic nitrogens is 3. The lowest BCUT2D eigenvalue weighted by molar-refractivity contribution is -0.120. The van der Waals surface area contributed by atoms with Crippen LogP contribution < -0.4 is 5.32 Å².